The number of carbonyl (C=O) groups excluding carboxylic acids is 1. The van der Waals surface area contributed by atoms with E-state index in [2.05, 4.69) is 25.2 Å². The predicted octanol–water partition coefficient (Wildman–Crippen LogP) is 0.306. The van der Waals surface area contributed by atoms with E-state index in [1.165, 1.54) is 0 Å². The van der Waals surface area contributed by atoms with Crippen LogP contribution >= 0.6 is 11.6 Å². The average Bonchev–Trinajstić information content (AvgIpc) is 2.80. The summed E-state index contributed by atoms with van der Waals surface area (Å²) in [5.41, 5.74) is 0. The maximum atomic E-state index is 11.8. The first-order valence-corrected chi connectivity index (χ1v) is 7.07. The number of anilines is 2. The van der Waals surface area contributed by atoms with E-state index in [0.29, 0.717) is 18.4 Å². The normalized spacial score (nSPS) is 25.4. The fourth-order valence-electron chi connectivity index (χ4n) is 2.86. The van der Waals surface area contributed by atoms with Crippen molar-refractivity contribution in [3.05, 3.63) is 5.28 Å². The zero-order valence-electron chi connectivity index (χ0n) is 11.5. The van der Waals surface area contributed by atoms with E-state index in [9.17, 15) is 4.79 Å². The van der Waals surface area contributed by atoms with Crippen molar-refractivity contribution < 1.29 is 4.79 Å². The molecule has 0 aliphatic carbocycles. The highest BCUT2D eigenvalue weighted by molar-refractivity contribution is 6.28. The lowest BCUT2D eigenvalue weighted by Crippen LogP contribution is -2.46. The molecule has 2 aliphatic heterocycles. The molecule has 2 fully saturated rings. The number of nitrogens with zero attached hydrogens (tertiary/aromatic N) is 5. The summed E-state index contributed by atoms with van der Waals surface area (Å²) < 4.78 is 0. The number of nitrogens with one attached hydrogen (secondary N) is 1. The molecule has 2 atom stereocenters. The van der Waals surface area contributed by atoms with Gasteiger partial charge in [0, 0.05) is 27.2 Å². The highest BCUT2D eigenvalue weighted by Crippen LogP contribution is 2.30. The minimum atomic E-state index is 0.0297. The second-order valence-corrected chi connectivity index (χ2v) is 5.69. The first-order valence-electron chi connectivity index (χ1n) is 6.69. The topological polar surface area (TPSA) is 74.2 Å². The van der Waals surface area contributed by atoms with Gasteiger partial charge in [-0.25, -0.2) is 0 Å². The fraction of sp³-hybridized carbons (Fsp3) is 0.667. The lowest BCUT2D eigenvalue weighted by molar-refractivity contribution is -0.123. The fourth-order valence-corrected chi connectivity index (χ4v) is 3.01. The van der Waals surface area contributed by atoms with Crippen LogP contribution in [0.2, 0.25) is 5.28 Å². The molecule has 1 N–H and O–H groups in total. The summed E-state index contributed by atoms with van der Waals surface area (Å²) >= 11 is 5.99. The van der Waals surface area contributed by atoms with E-state index in [0.717, 1.165) is 19.4 Å². The number of fused-ring (bicyclic) bond motifs is 1. The van der Waals surface area contributed by atoms with Crippen LogP contribution in [0.25, 0.3) is 0 Å². The Hall–Kier alpha value is -1.63. The van der Waals surface area contributed by atoms with Crippen LogP contribution in [0.15, 0.2) is 0 Å². The quantitative estimate of drug-likeness (QED) is 0.846. The Morgan fingerprint density at radius 3 is 2.90 bits per heavy atom. The van der Waals surface area contributed by atoms with Crippen LogP contribution in [0.5, 0.6) is 0 Å². The van der Waals surface area contributed by atoms with E-state index in [4.69, 9.17) is 11.6 Å². The first kappa shape index (κ1) is 13.4. The summed E-state index contributed by atoms with van der Waals surface area (Å²) in [6.45, 7) is 1.48. The highest BCUT2D eigenvalue weighted by Gasteiger charge is 2.41. The van der Waals surface area contributed by atoms with Crippen LogP contribution in [-0.2, 0) is 4.79 Å². The van der Waals surface area contributed by atoms with Crippen molar-refractivity contribution in [3.8, 4) is 0 Å². The third-order valence-electron chi connectivity index (χ3n) is 3.84. The summed E-state index contributed by atoms with van der Waals surface area (Å²) in [4.78, 5) is 28.4. The van der Waals surface area contributed by atoms with Crippen LogP contribution in [0, 0.1) is 5.92 Å². The molecule has 0 bridgehead atoms. The molecular formula is C12H17ClN6O. The van der Waals surface area contributed by atoms with Crippen molar-refractivity contribution in [3.63, 3.8) is 0 Å². The number of amides is 1. The first-order chi connectivity index (χ1) is 9.56. The molecule has 8 heteroatoms. The molecule has 0 radical (unpaired) electrons. The number of piperidine rings is 1. The summed E-state index contributed by atoms with van der Waals surface area (Å²) in [6, 6.07) is 0.115. The molecule has 1 aromatic heterocycles. The number of hydrogen-bond donors (Lipinski definition) is 1. The van der Waals surface area contributed by atoms with Crippen molar-refractivity contribution in [1.29, 1.82) is 0 Å². The summed E-state index contributed by atoms with van der Waals surface area (Å²) in [7, 11) is 3.71. The zero-order chi connectivity index (χ0) is 14.3. The molecule has 0 saturated carbocycles. The molecule has 20 heavy (non-hydrogen) atoms. The number of hydrogen-bond acceptors (Lipinski definition) is 6. The van der Waals surface area contributed by atoms with Gasteiger partial charge in [0.05, 0.1) is 12.0 Å². The van der Waals surface area contributed by atoms with E-state index in [-0.39, 0.29) is 23.2 Å². The van der Waals surface area contributed by atoms with Crippen molar-refractivity contribution in [2.75, 3.05) is 37.0 Å². The van der Waals surface area contributed by atoms with Gasteiger partial charge >= 0.3 is 0 Å². The molecule has 3 heterocycles. The third-order valence-corrected chi connectivity index (χ3v) is 4.01. The lowest BCUT2D eigenvalue weighted by atomic mass is 9.92. The molecule has 108 valence electrons. The van der Waals surface area contributed by atoms with Crippen LogP contribution in [0.1, 0.15) is 12.8 Å². The monoisotopic (exact) mass is 296 g/mol. The van der Waals surface area contributed by atoms with E-state index >= 15 is 0 Å². The average molecular weight is 297 g/mol. The molecule has 2 aliphatic rings. The maximum absolute atomic E-state index is 11.8. The molecule has 1 amide bonds. The van der Waals surface area contributed by atoms with E-state index < -0.39 is 0 Å². The summed E-state index contributed by atoms with van der Waals surface area (Å²) in [5.74, 6) is 1.24. The van der Waals surface area contributed by atoms with Gasteiger partial charge in [0.25, 0.3) is 0 Å². The number of aromatic nitrogens is 3. The number of halogens is 1. The van der Waals surface area contributed by atoms with Crippen molar-refractivity contribution >= 4 is 29.4 Å². The Kier molecular flexibility index (Phi) is 3.37. The molecule has 0 spiro atoms. The molecular weight excluding hydrogens is 280 g/mol. The Morgan fingerprint density at radius 1 is 1.35 bits per heavy atom. The second kappa shape index (κ2) is 5.05. The largest absolute Gasteiger partial charge is 0.354 e. The van der Waals surface area contributed by atoms with Crippen molar-refractivity contribution in [2.45, 2.75) is 18.9 Å². The molecule has 2 saturated heterocycles. The van der Waals surface area contributed by atoms with Crippen LogP contribution in [0.3, 0.4) is 0 Å². The van der Waals surface area contributed by atoms with Gasteiger partial charge in [-0.15, -0.1) is 0 Å². The number of rotatable bonds is 2. The van der Waals surface area contributed by atoms with Gasteiger partial charge in [0.15, 0.2) is 0 Å². The second-order valence-electron chi connectivity index (χ2n) is 5.35. The van der Waals surface area contributed by atoms with Crippen LogP contribution in [0.4, 0.5) is 11.9 Å². The Labute approximate surface area is 122 Å². The molecule has 0 aromatic carbocycles. The summed E-state index contributed by atoms with van der Waals surface area (Å²) in [5, 5.41) is 3.10. The van der Waals surface area contributed by atoms with Gasteiger partial charge in [-0.1, -0.05) is 0 Å². The SMILES string of the molecule is CN(C)c1nc(Cl)nc(N2CCCC3C(=O)NCC32)n1. The van der Waals surface area contributed by atoms with Crippen molar-refractivity contribution in [1.82, 2.24) is 20.3 Å². The molecule has 1 aromatic rings. The predicted molar refractivity (Wildman–Crippen MR) is 76.0 cm³/mol. The standard InChI is InChI=1S/C12H17ClN6O/c1-18(2)11-15-10(13)16-12(17-11)19-5-3-4-7-8(19)6-14-9(7)20/h7-8H,3-6H2,1-2H3,(H,14,20). The van der Waals surface area contributed by atoms with Gasteiger partial charge < -0.3 is 15.1 Å². The molecule has 2 unspecified atom stereocenters. The zero-order valence-corrected chi connectivity index (χ0v) is 12.3. The van der Waals surface area contributed by atoms with Gasteiger partial charge in [-0.2, -0.15) is 15.0 Å². The minimum absolute atomic E-state index is 0.0297. The van der Waals surface area contributed by atoms with E-state index in [1.807, 2.05) is 14.1 Å². The highest BCUT2D eigenvalue weighted by atomic mass is 35.5. The maximum Gasteiger partial charge on any atom is 0.231 e. The van der Waals surface area contributed by atoms with Gasteiger partial charge in [-0.05, 0) is 24.4 Å². The van der Waals surface area contributed by atoms with Crippen LogP contribution < -0.4 is 15.1 Å². The Bertz CT molecular complexity index is 537. The minimum Gasteiger partial charge on any atom is -0.354 e. The van der Waals surface area contributed by atoms with E-state index in [1.54, 1.807) is 4.90 Å². The molecule has 3 rings (SSSR count). The lowest BCUT2D eigenvalue weighted by Gasteiger charge is -2.36. The Balaban J connectivity index is 1.94. The van der Waals surface area contributed by atoms with Crippen molar-refractivity contribution in [2.24, 2.45) is 5.92 Å². The third kappa shape index (κ3) is 2.26. The van der Waals surface area contributed by atoms with Crippen LogP contribution in [-0.4, -0.2) is 54.1 Å². The smallest absolute Gasteiger partial charge is 0.231 e. The molecule has 7 nitrogen and oxygen atoms in total. The Morgan fingerprint density at radius 2 is 2.15 bits per heavy atom. The van der Waals surface area contributed by atoms with Gasteiger partial charge in [0.2, 0.25) is 23.1 Å². The van der Waals surface area contributed by atoms with Gasteiger partial charge in [-0.3, -0.25) is 4.79 Å². The number of carbonyl (C=O) groups is 1. The van der Waals surface area contributed by atoms with Gasteiger partial charge in [0.1, 0.15) is 0 Å². The summed E-state index contributed by atoms with van der Waals surface area (Å²) in [6.07, 6.45) is 1.88.